The molecule has 2 amide bonds. The van der Waals surface area contributed by atoms with Gasteiger partial charge in [0.2, 0.25) is 0 Å². The fourth-order valence-electron chi connectivity index (χ4n) is 2.63. The Morgan fingerprint density at radius 1 is 1.25 bits per heavy atom. The minimum absolute atomic E-state index is 0.160. The van der Waals surface area contributed by atoms with Crippen LogP contribution in [0.15, 0.2) is 18.2 Å². The fourth-order valence-corrected chi connectivity index (χ4v) is 2.63. The lowest BCUT2D eigenvalue weighted by Gasteiger charge is -2.19. The Bertz CT molecular complexity index is 643. The second kappa shape index (κ2) is 7.33. The van der Waals surface area contributed by atoms with Gasteiger partial charge in [-0.05, 0) is 18.2 Å². The van der Waals surface area contributed by atoms with Crippen LogP contribution >= 0.6 is 0 Å². The van der Waals surface area contributed by atoms with Crippen molar-refractivity contribution in [1.82, 2.24) is 9.80 Å². The Kier molecular flexibility index (Phi) is 5.43. The quantitative estimate of drug-likeness (QED) is 0.781. The Morgan fingerprint density at radius 3 is 2.54 bits per heavy atom. The van der Waals surface area contributed by atoms with Gasteiger partial charge in [-0.3, -0.25) is 9.59 Å². The van der Waals surface area contributed by atoms with Gasteiger partial charge in [-0.2, -0.15) is 0 Å². The summed E-state index contributed by atoms with van der Waals surface area (Å²) in [5.74, 6) is -0.160. The van der Waals surface area contributed by atoms with Gasteiger partial charge in [-0.1, -0.05) is 0 Å². The molecule has 1 aliphatic rings. The van der Waals surface area contributed by atoms with E-state index in [4.69, 9.17) is 4.74 Å². The molecule has 7 nitrogen and oxygen atoms in total. The molecule has 1 aliphatic heterocycles. The molecular formula is C17H23N3O4. The molecule has 0 spiro atoms. The molecule has 0 radical (unpaired) electrons. The van der Waals surface area contributed by atoms with E-state index in [9.17, 15) is 14.4 Å². The summed E-state index contributed by atoms with van der Waals surface area (Å²) in [5, 5.41) is 0. The lowest BCUT2D eigenvalue weighted by molar-refractivity contribution is 0.0665. The van der Waals surface area contributed by atoms with Crippen molar-refractivity contribution in [3.05, 3.63) is 29.3 Å². The zero-order chi connectivity index (χ0) is 17.9. The number of carbonyl (C=O) groups excluding carboxylic acids is 3. The Hall–Kier alpha value is -2.57. The Balaban J connectivity index is 2.07. The van der Waals surface area contributed by atoms with Crippen molar-refractivity contribution in [2.75, 3.05) is 46.2 Å². The summed E-state index contributed by atoms with van der Waals surface area (Å²) in [6.07, 6.45) is 0.655. The number of hydrogen-bond acceptors (Lipinski definition) is 5. The number of benzene rings is 1. The molecule has 1 saturated heterocycles. The summed E-state index contributed by atoms with van der Waals surface area (Å²) in [7, 11) is 6.92. The molecule has 1 fully saturated rings. The Morgan fingerprint density at radius 2 is 1.96 bits per heavy atom. The highest BCUT2D eigenvalue weighted by molar-refractivity contribution is 5.97. The molecule has 130 valence electrons. The van der Waals surface area contributed by atoms with Crippen LogP contribution in [-0.2, 0) is 4.74 Å². The third-order valence-corrected chi connectivity index (χ3v) is 3.95. The van der Waals surface area contributed by atoms with Gasteiger partial charge in [0.25, 0.3) is 5.91 Å². The van der Waals surface area contributed by atoms with Crippen molar-refractivity contribution in [2.45, 2.75) is 12.5 Å². The van der Waals surface area contributed by atoms with Crippen molar-refractivity contribution in [3.8, 4) is 0 Å². The molecule has 7 heteroatoms. The van der Waals surface area contributed by atoms with Crippen LogP contribution in [0.1, 0.15) is 27.1 Å². The average Bonchev–Trinajstić information content (AvgIpc) is 3.01. The highest BCUT2D eigenvalue weighted by atomic mass is 16.6. The summed E-state index contributed by atoms with van der Waals surface area (Å²) in [5.41, 5.74) is 1.70. The SMILES string of the molecule is CN(C)C(=O)OC1CCN(C(=O)c2ccc(N(C)C)c(C=O)c2)C1. The zero-order valence-electron chi connectivity index (χ0n) is 14.5. The molecular weight excluding hydrogens is 310 g/mol. The van der Waals surface area contributed by atoms with Crippen molar-refractivity contribution in [1.29, 1.82) is 0 Å². The summed E-state index contributed by atoms with van der Waals surface area (Å²) >= 11 is 0. The Labute approximate surface area is 141 Å². The number of likely N-dealkylation sites (tertiary alicyclic amines) is 1. The number of hydrogen-bond donors (Lipinski definition) is 0. The van der Waals surface area contributed by atoms with Crippen molar-refractivity contribution in [3.63, 3.8) is 0 Å². The van der Waals surface area contributed by atoms with Crippen LogP contribution in [0.5, 0.6) is 0 Å². The highest BCUT2D eigenvalue weighted by Gasteiger charge is 2.30. The van der Waals surface area contributed by atoms with Crippen LogP contribution in [0.4, 0.5) is 10.5 Å². The monoisotopic (exact) mass is 333 g/mol. The van der Waals surface area contributed by atoms with Gasteiger partial charge in [0, 0.05) is 58.0 Å². The van der Waals surface area contributed by atoms with E-state index in [1.807, 2.05) is 19.0 Å². The second-order valence-corrected chi connectivity index (χ2v) is 6.23. The molecule has 0 aromatic heterocycles. The number of aldehydes is 1. The van der Waals surface area contributed by atoms with Crippen LogP contribution in [0.25, 0.3) is 0 Å². The van der Waals surface area contributed by atoms with Gasteiger partial charge < -0.3 is 19.4 Å². The van der Waals surface area contributed by atoms with E-state index in [0.29, 0.717) is 30.6 Å². The molecule has 0 bridgehead atoms. The molecule has 2 rings (SSSR count). The van der Waals surface area contributed by atoms with Crippen LogP contribution in [0, 0.1) is 0 Å². The minimum Gasteiger partial charge on any atom is -0.444 e. The van der Waals surface area contributed by atoms with Crippen molar-refractivity contribution >= 4 is 24.0 Å². The number of ether oxygens (including phenoxy) is 1. The van der Waals surface area contributed by atoms with E-state index in [0.717, 1.165) is 12.0 Å². The predicted molar refractivity (Wildman–Crippen MR) is 90.6 cm³/mol. The maximum Gasteiger partial charge on any atom is 0.409 e. The molecule has 1 aromatic carbocycles. The average molecular weight is 333 g/mol. The fraction of sp³-hybridized carbons (Fsp3) is 0.471. The third-order valence-electron chi connectivity index (χ3n) is 3.95. The lowest BCUT2D eigenvalue weighted by atomic mass is 10.1. The number of carbonyl (C=O) groups is 3. The standard InChI is InChI=1S/C17H23N3O4/c1-18(2)15-6-5-12(9-13(15)11-21)16(22)20-8-7-14(10-20)24-17(23)19(3)4/h5-6,9,11,14H,7-8,10H2,1-4H3. The first-order chi connectivity index (χ1) is 11.3. The molecule has 24 heavy (non-hydrogen) atoms. The van der Waals surface area contributed by atoms with E-state index in [1.165, 1.54) is 4.90 Å². The summed E-state index contributed by atoms with van der Waals surface area (Å²) < 4.78 is 5.31. The van der Waals surface area contributed by atoms with E-state index in [2.05, 4.69) is 0 Å². The molecule has 0 saturated carbocycles. The van der Waals surface area contributed by atoms with Crippen molar-refractivity contribution in [2.24, 2.45) is 0 Å². The van der Waals surface area contributed by atoms with Crippen LogP contribution < -0.4 is 4.90 Å². The number of nitrogens with zero attached hydrogens (tertiary/aromatic N) is 3. The maximum absolute atomic E-state index is 12.6. The number of anilines is 1. The largest absolute Gasteiger partial charge is 0.444 e. The van der Waals surface area contributed by atoms with Crippen LogP contribution in [0.2, 0.25) is 0 Å². The molecule has 1 aromatic rings. The van der Waals surface area contributed by atoms with Gasteiger partial charge in [0.05, 0.1) is 6.54 Å². The predicted octanol–water partition coefficient (Wildman–Crippen LogP) is 1.48. The van der Waals surface area contributed by atoms with Crippen LogP contribution in [0.3, 0.4) is 0 Å². The first-order valence-electron chi connectivity index (χ1n) is 7.77. The van der Waals surface area contributed by atoms with Gasteiger partial charge in [-0.25, -0.2) is 4.79 Å². The topological polar surface area (TPSA) is 70.2 Å². The normalized spacial score (nSPS) is 16.7. The summed E-state index contributed by atoms with van der Waals surface area (Å²) in [6, 6.07) is 5.07. The van der Waals surface area contributed by atoms with Gasteiger partial charge in [-0.15, -0.1) is 0 Å². The lowest BCUT2D eigenvalue weighted by Crippen LogP contribution is -2.33. The molecule has 0 N–H and O–H groups in total. The van der Waals surface area contributed by atoms with E-state index < -0.39 is 6.09 Å². The molecule has 0 aliphatic carbocycles. The third kappa shape index (κ3) is 3.84. The van der Waals surface area contributed by atoms with Gasteiger partial charge in [0.15, 0.2) is 6.29 Å². The molecule has 1 heterocycles. The molecule has 1 atom stereocenters. The zero-order valence-corrected chi connectivity index (χ0v) is 14.5. The van der Waals surface area contributed by atoms with Crippen molar-refractivity contribution < 1.29 is 19.1 Å². The van der Waals surface area contributed by atoms with Gasteiger partial charge in [0.1, 0.15) is 6.10 Å². The highest BCUT2D eigenvalue weighted by Crippen LogP contribution is 2.22. The van der Waals surface area contributed by atoms with Crippen LogP contribution in [-0.4, -0.2) is 75.5 Å². The maximum atomic E-state index is 12.6. The first kappa shape index (κ1) is 17.8. The second-order valence-electron chi connectivity index (χ2n) is 6.23. The number of rotatable bonds is 4. The van der Waals surface area contributed by atoms with E-state index in [1.54, 1.807) is 37.2 Å². The van der Waals surface area contributed by atoms with E-state index >= 15 is 0 Å². The van der Waals surface area contributed by atoms with Gasteiger partial charge >= 0.3 is 6.09 Å². The smallest absolute Gasteiger partial charge is 0.409 e. The minimum atomic E-state index is -0.409. The summed E-state index contributed by atoms with van der Waals surface area (Å²) in [6.45, 7) is 0.889. The molecule has 1 unspecified atom stereocenters. The van der Waals surface area contributed by atoms with E-state index in [-0.39, 0.29) is 12.0 Å². The summed E-state index contributed by atoms with van der Waals surface area (Å²) in [4.78, 5) is 40.3. The first-order valence-corrected chi connectivity index (χ1v) is 7.77. The number of amides is 2.